The van der Waals surface area contributed by atoms with Crippen molar-refractivity contribution >= 4 is 29.4 Å². The van der Waals surface area contributed by atoms with E-state index in [1.54, 1.807) is 17.4 Å². The number of imide groups is 1. The van der Waals surface area contributed by atoms with Crippen molar-refractivity contribution in [2.75, 3.05) is 19.6 Å². The van der Waals surface area contributed by atoms with E-state index in [9.17, 15) is 9.59 Å². The molecule has 2 saturated heterocycles. The van der Waals surface area contributed by atoms with Crippen LogP contribution >= 0.6 is 11.3 Å². The molecule has 5 nitrogen and oxygen atoms in total. The molecule has 1 aromatic heterocycles. The van der Waals surface area contributed by atoms with Crippen LogP contribution in [-0.2, 0) is 11.3 Å². The van der Waals surface area contributed by atoms with E-state index in [0.29, 0.717) is 5.70 Å². The Balaban J connectivity index is 0.00000155. The minimum atomic E-state index is -0.360. The summed E-state index contributed by atoms with van der Waals surface area (Å²) < 4.78 is 0. The van der Waals surface area contributed by atoms with E-state index in [4.69, 9.17) is 0 Å². The molecule has 3 amide bonds. The highest BCUT2D eigenvalue weighted by Crippen LogP contribution is 2.24. The molecule has 0 unspecified atom stereocenters. The normalized spacial score (nSPS) is 19.8. The monoisotopic (exact) mass is 429 g/mol. The van der Waals surface area contributed by atoms with Gasteiger partial charge in [-0.2, -0.15) is 0 Å². The van der Waals surface area contributed by atoms with Gasteiger partial charge in [0, 0.05) is 16.3 Å². The third-order valence-corrected chi connectivity index (χ3v) is 6.12. The first-order chi connectivity index (χ1) is 14.6. The Bertz CT molecular complexity index is 799. The smallest absolute Gasteiger partial charge is 0.303 e. The van der Waals surface area contributed by atoms with Gasteiger partial charge in [0.05, 0.1) is 6.54 Å². The van der Waals surface area contributed by atoms with Crippen LogP contribution in [0.15, 0.2) is 41.6 Å². The van der Waals surface area contributed by atoms with Gasteiger partial charge in [-0.3, -0.25) is 14.6 Å². The number of rotatable bonds is 6. The van der Waals surface area contributed by atoms with Crippen LogP contribution in [-0.4, -0.2) is 41.4 Å². The Morgan fingerprint density at radius 3 is 2.43 bits per heavy atom. The molecular formula is C24H35N3O2S. The summed E-state index contributed by atoms with van der Waals surface area (Å²) in [6, 6.07) is 3.80. The zero-order valence-electron chi connectivity index (χ0n) is 18.7. The van der Waals surface area contributed by atoms with Crippen LogP contribution in [0.3, 0.4) is 0 Å². The molecule has 2 aliphatic heterocycles. The lowest BCUT2D eigenvalue weighted by Gasteiger charge is -2.18. The molecule has 0 aromatic carbocycles. The number of nitrogens with one attached hydrogen (secondary N) is 1. The molecule has 0 radical (unpaired) electrons. The average molecular weight is 430 g/mol. The van der Waals surface area contributed by atoms with Crippen molar-refractivity contribution in [3.05, 3.63) is 51.4 Å². The standard InChI is InChI=1S/C22H29N3O2S.C2H6/c1-3-9-17(4-2)15-25-21(26)20(23-22(25)27)14-18-10-11-19(28-18)16-24-12-7-5-6-8-13-24;1-2/h3-4,9-11,14H,5-8,12-13,15-16H2,1-2H3,(H,23,27);1-2H3/b9-3-,17-4+,20-14-;. The Labute approximate surface area is 185 Å². The van der Waals surface area contributed by atoms with Gasteiger partial charge in [-0.15, -0.1) is 11.3 Å². The molecule has 0 spiro atoms. The molecule has 0 aliphatic carbocycles. The highest BCUT2D eigenvalue weighted by atomic mass is 32.1. The van der Waals surface area contributed by atoms with Gasteiger partial charge in [0.2, 0.25) is 0 Å². The van der Waals surface area contributed by atoms with Crippen molar-refractivity contribution in [1.82, 2.24) is 15.1 Å². The van der Waals surface area contributed by atoms with Gasteiger partial charge < -0.3 is 5.32 Å². The fraction of sp³-hybridized carbons (Fsp3) is 0.500. The third-order valence-electron chi connectivity index (χ3n) is 5.10. The second kappa shape index (κ2) is 12.5. The van der Waals surface area contributed by atoms with Crippen molar-refractivity contribution in [1.29, 1.82) is 0 Å². The molecule has 164 valence electrons. The molecule has 3 rings (SSSR count). The molecule has 0 saturated carbocycles. The summed E-state index contributed by atoms with van der Waals surface area (Å²) in [4.78, 5) is 31.0. The molecule has 1 N–H and O–H groups in total. The number of urea groups is 1. The van der Waals surface area contributed by atoms with Crippen LogP contribution in [0, 0.1) is 0 Å². The van der Waals surface area contributed by atoms with Crippen molar-refractivity contribution < 1.29 is 9.59 Å². The summed E-state index contributed by atoms with van der Waals surface area (Å²) in [7, 11) is 0. The summed E-state index contributed by atoms with van der Waals surface area (Å²) >= 11 is 1.69. The van der Waals surface area contributed by atoms with Gasteiger partial charge in [0.1, 0.15) is 5.70 Å². The Hall–Kier alpha value is -2.18. The number of likely N-dealkylation sites (tertiary alicyclic amines) is 1. The quantitative estimate of drug-likeness (QED) is 0.366. The summed E-state index contributed by atoms with van der Waals surface area (Å²) in [5.41, 5.74) is 1.28. The second-order valence-corrected chi connectivity index (χ2v) is 8.44. The van der Waals surface area contributed by atoms with E-state index in [1.807, 2.05) is 52.0 Å². The first kappa shape index (κ1) is 24.1. The van der Waals surface area contributed by atoms with Gasteiger partial charge in [-0.25, -0.2) is 4.79 Å². The molecule has 1 aromatic rings. The number of hydrogen-bond acceptors (Lipinski definition) is 4. The van der Waals surface area contributed by atoms with Gasteiger partial charge >= 0.3 is 6.03 Å². The first-order valence-corrected chi connectivity index (χ1v) is 11.9. The number of carbonyl (C=O) groups excluding carboxylic acids is 2. The van der Waals surface area contributed by atoms with Gasteiger partial charge in [-0.05, 0) is 63.6 Å². The number of nitrogens with zero attached hydrogens (tertiary/aromatic N) is 2. The van der Waals surface area contributed by atoms with Crippen molar-refractivity contribution in [3.8, 4) is 0 Å². The van der Waals surface area contributed by atoms with Crippen molar-refractivity contribution in [2.24, 2.45) is 0 Å². The number of thiophene rings is 1. The SMILES string of the molecule is C/C=C\C(=C/C)CN1C(=O)N/C(=C\c2ccc(CN3CCCCCC3)s2)C1=O.CC. The van der Waals surface area contributed by atoms with Crippen LogP contribution in [0.4, 0.5) is 4.79 Å². The molecule has 30 heavy (non-hydrogen) atoms. The van der Waals surface area contributed by atoms with Crippen LogP contribution in [0.1, 0.15) is 63.1 Å². The molecule has 3 heterocycles. The Kier molecular flexibility index (Phi) is 10.0. The summed E-state index contributed by atoms with van der Waals surface area (Å²) in [6.07, 6.45) is 12.7. The minimum Gasteiger partial charge on any atom is -0.303 e. The maximum absolute atomic E-state index is 12.7. The molecule has 2 fully saturated rings. The molecule has 0 atom stereocenters. The van der Waals surface area contributed by atoms with Crippen LogP contribution in [0.25, 0.3) is 6.08 Å². The summed E-state index contributed by atoms with van der Waals surface area (Å²) in [6.45, 7) is 11.4. The lowest BCUT2D eigenvalue weighted by molar-refractivity contribution is -0.122. The average Bonchev–Trinajstić information content (AvgIpc) is 3.17. The van der Waals surface area contributed by atoms with Crippen LogP contribution in [0.2, 0.25) is 0 Å². The van der Waals surface area contributed by atoms with Gasteiger partial charge in [0.15, 0.2) is 0 Å². The zero-order chi connectivity index (χ0) is 21.9. The topological polar surface area (TPSA) is 52.7 Å². The number of amides is 3. The highest BCUT2D eigenvalue weighted by Gasteiger charge is 2.33. The van der Waals surface area contributed by atoms with E-state index in [0.717, 1.165) is 30.1 Å². The molecular weight excluding hydrogens is 394 g/mol. The highest BCUT2D eigenvalue weighted by molar-refractivity contribution is 7.12. The van der Waals surface area contributed by atoms with E-state index in [1.165, 1.54) is 35.5 Å². The number of carbonyl (C=O) groups is 2. The molecule has 2 aliphatic rings. The predicted octanol–water partition coefficient (Wildman–Crippen LogP) is 5.57. The third kappa shape index (κ3) is 6.67. The summed E-state index contributed by atoms with van der Waals surface area (Å²) in [5.74, 6) is -0.267. The summed E-state index contributed by atoms with van der Waals surface area (Å²) in [5, 5.41) is 2.72. The van der Waals surface area contributed by atoms with Gasteiger partial charge in [0.25, 0.3) is 5.91 Å². The second-order valence-electron chi connectivity index (χ2n) is 7.24. The fourth-order valence-corrected chi connectivity index (χ4v) is 4.56. The Morgan fingerprint density at radius 2 is 1.80 bits per heavy atom. The van der Waals surface area contributed by atoms with E-state index < -0.39 is 0 Å². The maximum Gasteiger partial charge on any atom is 0.329 e. The van der Waals surface area contributed by atoms with Crippen LogP contribution in [0.5, 0.6) is 0 Å². The fourth-order valence-electron chi connectivity index (χ4n) is 3.57. The van der Waals surface area contributed by atoms with Crippen molar-refractivity contribution in [3.63, 3.8) is 0 Å². The van der Waals surface area contributed by atoms with Crippen LogP contribution < -0.4 is 5.32 Å². The lowest BCUT2D eigenvalue weighted by atomic mass is 10.2. The molecule has 6 heteroatoms. The zero-order valence-corrected chi connectivity index (χ0v) is 19.6. The lowest BCUT2D eigenvalue weighted by Crippen LogP contribution is -2.32. The largest absolute Gasteiger partial charge is 0.329 e. The molecule has 0 bridgehead atoms. The number of hydrogen-bond donors (Lipinski definition) is 1. The maximum atomic E-state index is 12.7. The van der Waals surface area contributed by atoms with E-state index >= 15 is 0 Å². The number of allylic oxidation sites excluding steroid dienone is 2. The first-order valence-electron chi connectivity index (χ1n) is 11.0. The predicted molar refractivity (Wildman–Crippen MR) is 126 cm³/mol. The Morgan fingerprint density at radius 1 is 1.10 bits per heavy atom. The minimum absolute atomic E-state index is 0.267. The van der Waals surface area contributed by atoms with E-state index in [2.05, 4.69) is 16.3 Å². The van der Waals surface area contributed by atoms with Gasteiger partial charge in [-0.1, -0.05) is 44.9 Å². The van der Waals surface area contributed by atoms with Crippen molar-refractivity contribution in [2.45, 2.75) is 59.9 Å². The van der Waals surface area contributed by atoms with E-state index in [-0.39, 0.29) is 18.5 Å².